The average Bonchev–Trinajstić information content (AvgIpc) is 3.54. The molecule has 0 saturated carbocycles. The summed E-state index contributed by atoms with van der Waals surface area (Å²) in [6.45, 7) is 5.44. The minimum atomic E-state index is -3.48. The van der Waals surface area contributed by atoms with E-state index < -0.39 is 15.3 Å². The van der Waals surface area contributed by atoms with Gasteiger partial charge in [0, 0.05) is 24.5 Å². The normalized spacial score (nSPS) is 15.0. The molecule has 2 aromatic carbocycles. The van der Waals surface area contributed by atoms with Gasteiger partial charge in [0.25, 0.3) is 0 Å². The van der Waals surface area contributed by atoms with Crippen LogP contribution in [0.3, 0.4) is 0 Å². The Balaban J connectivity index is 1.30. The number of aromatic nitrogens is 2. The van der Waals surface area contributed by atoms with Crippen molar-refractivity contribution in [2.24, 2.45) is 0 Å². The van der Waals surface area contributed by atoms with Crippen LogP contribution in [0.1, 0.15) is 26.7 Å². The van der Waals surface area contributed by atoms with Crippen molar-refractivity contribution in [1.29, 1.82) is 0 Å². The van der Waals surface area contributed by atoms with Crippen LogP contribution in [-0.2, 0) is 14.8 Å². The van der Waals surface area contributed by atoms with Gasteiger partial charge in [-0.1, -0.05) is 23.1 Å². The Bertz CT molecular complexity index is 1240. The van der Waals surface area contributed by atoms with Gasteiger partial charge in [0.05, 0.1) is 16.8 Å². The Hall–Kier alpha value is -2.67. The molecule has 0 unspecified atom stereocenters. The Morgan fingerprint density at radius 1 is 1.09 bits per heavy atom. The third-order valence-electron chi connectivity index (χ3n) is 5.29. The molecule has 1 saturated heterocycles. The number of nitrogens with zero attached hydrogens (tertiary/aromatic N) is 3. The molecule has 1 amide bonds. The third-order valence-corrected chi connectivity index (χ3v) is 9.23. The number of nitrogens with one attached hydrogen (secondary N) is 2. The van der Waals surface area contributed by atoms with E-state index in [4.69, 9.17) is 4.74 Å². The lowest BCUT2D eigenvalue weighted by Gasteiger charge is -2.16. The standard InChI is InChI=1S/C23H27N5O4S3/c1-3-32-19-10-6-18(7-11-19)25-22-26-27-23(34-22)33-16(2)21(29)24-17-8-12-20(13-9-17)35(30,31)28-14-4-5-15-28/h6-13,16H,3-5,14-15H2,1-2H3,(H,24,29)(H,25,26)/t16-/m1/s1. The van der Waals surface area contributed by atoms with Gasteiger partial charge < -0.3 is 15.4 Å². The molecule has 1 fully saturated rings. The zero-order valence-corrected chi connectivity index (χ0v) is 21.9. The van der Waals surface area contributed by atoms with Crippen LogP contribution in [0, 0.1) is 0 Å². The zero-order valence-electron chi connectivity index (χ0n) is 19.4. The molecule has 1 aliphatic rings. The van der Waals surface area contributed by atoms with Crippen LogP contribution >= 0.6 is 23.1 Å². The van der Waals surface area contributed by atoms with Gasteiger partial charge in [-0.05, 0) is 75.2 Å². The fourth-order valence-corrected chi connectivity index (χ4v) is 6.90. The molecular formula is C23H27N5O4S3. The van der Waals surface area contributed by atoms with Crippen molar-refractivity contribution in [1.82, 2.24) is 14.5 Å². The lowest BCUT2D eigenvalue weighted by atomic mass is 10.3. The van der Waals surface area contributed by atoms with Gasteiger partial charge in [0.15, 0.2) is 4.34 Å². The van der Waals surface area contributed by atoms with E-state index in [1.54, 1.807) is 19.1 Å². The molecular weight excluding hydrogens is 506 g/mol. The van der Waals surface area contributed by atoms with Gasteiger partial charge in [-0.15, -0.1) is 10.2 Å². The van der Waals surface area contributed by atoms with E-state index in [1.807, 2.05) is 31.2 Å². The van der Waals surface area contributed by atoms with E-state index >= 15 is 0 Å². The highest BCUT2D eigenvalue weighted by Gasteiger charge is 2.27. The number of rotatable bonds is 10. The lowest BCUT2D eigenvalue weighted by molar-refractivity contribution is -0.115. The van der Waals surface area contributed by atoms with E-state index in [0.29, 0.717) is 34.9 Å². The minimum Gasteiger partial charge on any atom is -0.494 e. The Morgan fingerprint density at radius 3 is 2.40 bits per heavy atom. The predicted octanol–water partition coefficient (Wildman–Crippen LogP) is 4.58. The summed E-state index contributed by atoms with van der Waals surface area (Å²) in [7, 11) is -3.48. The summed E-state index contributed by atoms with van der Waals surface area (Å²) in [5, 5.41) is 14.5. The molecule has 1 atom stereocenters. The summed E-state index contributed by atoms with van der Waals surface area (Å²) in [6, 6.07) is 13.8. The van der Waals surface area contributed by atoms with Crippen molar-refractivity contribution < 1.29 is 17.9 Å². The minimum absolute atomic E-state index is 0.207. The number of benzene rings is 2. The molecule has 35 heavy (non-hydrogen) atoms. The first-order valence-electron chi connectivity index (χ1n) is 11.3. The fourth-order valence-electron chi connectivity index (χ4n) is 3.47. The molecule has 9 nitrogen and oxygen atoms in total. The van der Waals surface area contributed by atoms with Crippen LogP contribution in [-0.4, -0.2) is 53.8 Å². The molecule has 4 rings (SSSR count). The van der Waals surface area contributed by atoms with E-state index in [1.165, 1.54) is 39.5 Å². The zero-order chi connectivity index (χ0) is 24.8. The summed E-state index contributed by atoms with van der Waals surface area (Å²) >= 11 is 2.66. The van der Waals surface area contributed by atoms with Gasteiger partial charge in [0.1, 0.15) is 5.75 Å². The number of sulfonamides is 1. The highest BCUT2D eigenvalue weighted by molar-refractivity contribution is 8.02. The molecule has 12 heteroatoms. The van der Waals surface area contributed by atoms with E-state index in [2.05, 4.69) is 20.8 Å². The molecule has 186 valence electrons. The van der Waals surface area contributed by atoms with Crippen molar-refractivity contribution in [2.45, 2.75) is 41.2 Å². The maximum atomic E-state index is 12.7. The second-order valence-corrected chi connectivity index (χ2v) is 12.3. The fraction of sp³-hybridized carbons (Fsp3) is 0.348. The number of amides is 1. The molecule has 1 aliphatic heterocycles. The number of carbonyl (C=O) groups excluding carboxylic acids is 1. The Labute approximate surface area is 213 Å². The van der Waals surface area contributed by atoms with Crippen LogP contribution in [0.4, 0.5) is 16.5 Å². The van der Waals surface area contributed by atoms with Crippen molar-refractivity contribution in [3.8, 4) is 5.75 Å². The van der Waals surface area contributed by atoms with Gasteiger partial charge >= 0.3 is 0 Å². The topological polar surface area (TPSA) is 114 Å². The monoisotopic (exact) mass is 533 g/mol. The van der Waals surface area contributed by atoms with Gasteiger partial charge in [-0.3, -0.25) is 4.79 Å². The van der Waals surface area contributed by atoms with Crippen molar-refractivity contribution in [3.63, 3.8) is 0 Å². The number of hydrogen-bond acceptors (Lipinski definition) is 9. The first kappa shape index (κ1) is 25.4. The van der Waals surface area contributed by atoms with Crippen LogP contribution < -0.4 is 15.4 Å². The molecule has 0 aliphatic carbocycles. The molecule has 0 radical (unpaired) electrons. The second-order valence-electron chi connectivity index (χ2n) is 7.84. The van der Waals surface area contributed by atoms with Gasteiger partial charge in [-0.2, -0.15) is 4.31 Å². The second kappa shape index (κ2) is 11.4. The summed E-state index contributed by atoms with van der Waals surface area (Å²) in [5.74, 6) is 0.593. The van der Waals surface area contributed by atoms with Crippen molar-refractivity contribution >= 4 is 55.5 Å². The summed E-state index contributed by atoms with van der Waals surface area (Å²) < 4.78 is 32.9. The number of ether oxygens (including phenoxy) is 1. The number of carbonyl (C=O) groups is 1. The van der Waals surface area contributed by atoms with E-state index in [-0.39, 0.29) is 10.8 Å². The molecule has 1 aromatic heterocycles. The largest absolute Gasteiger partial charge is 0.494 e. The summed E-state index contributed by atoms with van der Waals surface area (Å²) in [6.07, 6.45) is 1.77. The molecule has 2 heterocycles. The SMILES string of the molecule is CCOc1ccc(Nc2nnc(S[C@H](C)C(=O)Nc3ccc(S(=O)(=O)N4CCCC4)cc3)s2)cc1. The smallest absolute Gasteiger partial charge is 0.243 e. The first-order chi connectivity index (χ1) is 16.8. The first-order valence-corrected chi connectivity index (χ1v) is 14.4. The highest BCUT2D eigenvalue weighted by atomic mass is 32.2. The summed E-state index contributed by atoms with van der Waals surface area (Å²) in [4.78, 5) is 12.9. The Morgan fingerprint density at radius 2 is 1.74 bits per heavy atom. The molecule has 3 aromatic rings. The van der Waals surface area contributed by atoms with Gasteiger partial charge in [0.2, 0.25) is 21.1 Å². The Kier molecular flexibility index (Phi) is 8.26. The van der Waals surface area contributed by atoms with Crippen LogP contribution in [0.5, 0.6) is 5.75 Å². The van der Waals surface area contributed by atoms with Crippen molar-refractivity contribution in [2.75, 3.05) is 30.3 Å². The number of thioether (sulfide) groups is 1. The lowest BCUT2D eigenvalue weighted by Crippen LogP contribution is -2.27. The third kappa shape index (κ3) is 6.51. The van der Waals surface area contributed by atoms with Crippen molar-refractivity contribution in [3.05, 3.63) is 48.5 Å². The number of anilines is 3. The van der Waals surface area contributed by atoms with E-state index in [9.17, 15) is 13.2 Å². The molecule has 0 bridgehead atoms. The van der Waals surface area contributed by atoms with Crippen LogP contribution in [0.15, 0.2) is 57.8 Å². The predicted molar refractivity (Wildman–Crippen MR) is 139 cm³/mol. The maximum Gasteiger partial charge on any atom is 0.243 e. The van der Waals surface area contributed by atoms with E-state index in [0.717, 1.165) is 24.3 Å². The highest BCUT2D eigenvalue weighted by Crippen LogP contribution is 2.31. The van der Waals surface area contributed by atoms with Gasteiger partial charge in [-0.25, -0.2) is 8.42 Å². The van der Waals surface area contributed by atoms with Crippen LogP contribution in [0.25, 0.3) is 0 Å². The molecule has 2 N–H and O–H groups in total. The summed E-state index contributed by atoms with van der Waals surface area (Å²) in [5.41, 5.74) is 1.40. The quantitative estimate of drug-likeness (QED) is 0.364. The van der Waals surface area contributed by atoms with Crippen LogP contribution in [0.2, 0.25) is 0 Å². The number of hydrogen-bond donors (Lipinski definition) is 2. The maximum absolute atomic E-state index is 12.7. The average molecular weight is 534 g/mol. The molecule has 0 spiro atoms.